The van der Waals surface area contributed by atoms with Gasteiger partial charge in [-0.05, 0) is 63.6 Å². The number of nitrogens with one attached hydrogen (secondary N) is 1. The molecule has 0 amide bonds. The Hall–Kier alpha value is -1.06. The third-order valence-corrected chi connectivity index (χ3v) is 4.45. The van der Waals surface area contributed by atoms with Crippen molar-refractivity contribution >= 4 is 0 Å². The highest BCUT2D eigenvalue weighted by Gasteiger charge is 2.45. The summed E-state index contributed by atoms with van der Waals surface area (Å²) in [6.45, 7) is 10.0. The number of rotatable bonds is 8. The third kappa shape index (κ3) is 3.78. The van der Waals surface area contributed by atoms with Crippen LogP contribution in [0.25, 0.3) is 0 Å². The van der Waals surface area contributed by atoms with E-state index in [1.807, 2.05) is 0 Å². The average molecular weight is 291 g/mol. The van der Waals surface area contributed by atoms with Gasteiger partial charge in [0.05, 0.1) is 12.1 Å². The number of aliphatic hydroxyl groups excluding tert-OH is 1. The summed E-state index contributed by atoms with van der Waals surface area (Å²) in [6.07, 6.45) is 3.44. The highest BCUT2D eigenvalue weighted by Crippen LogP contribution is 2.40. The van der Waals surface area contributed by atoms with Gasteiger partial charge in [0.1, 0.15) is 12.4 Å². The summed E-state index contributed by atoms with van der Waals surface area (Å²) in [5.74, 6) is 1.51. The molecule has 1 unspecified atom stereocenters. The van der Waals surface area contributed by atoms with E-state index in [2.05, 4.69) is 45.1 Å². The van der Waals surface area contributed by atoms with Crippen molar-refractivity contribution in [1.82, 2.24) is 5.32 Å². The van der Waals surface area contributed by atoms with E-state index in [4.69, 9.17) is 4.74 Å². The molecule has 0 aromatic heterocycles. The first kappa shape index (κ1) is 16.3. The molecule has 0 aliphatic heterocycles. The van der Waals surface area contributed by atoms with Gasteiger partial charge in [-0.1, -0.05) is 24.6 Å². The molecule has 1 aromatic rings. The van der Waals surface area contributed by atoms with Crippen LogP contribution in [0.4, 0.5) is 0 Å². The molecule has 0 spiro atoms. The molecule has 21 heavy (non-hydrogen) atoms. The predicted molar refractivity (Wildman–Crippen MR) is 87.0 cm³/mol. The van der Waals surface area contributed by atoms with Crippen molar-refractivity contribution in [2.24, 2.45) is 5.92 Å². The quantitative estimate of drug-likeness (QED) is 0.773. The molecule has 118 valence electrons. The maximum Gasteiger partial charge on any atom is 0.125 e. The summed E-state index contributed by atoms with van der Waals surface area (Å²) in [5, 5.41) is 13.5. The Morgan fingerprint density at radius 2 is 1.86 bits per heavy atom. The van der Waals surface area contributed by atoms with E-state index in [0.717, 1.165) is 18.7 Å². The first-order valence-corrected chi connectivity index (χ1v) is 8.09. The first-order chi connectivity index (χ1) is 10.0. The Morgan fingerprint density at radius 3 is 2.33 bits per heavy atom. The summed E-state index contributed by atoms with van der Waals surface area (Å²) < 4.78 is 6.15. The van der Waals surface area contributed by atoms with Crippen LogP contribution in [-0.2, 0) is 0 Å². The zero-order valence-corrected chi connectivity index (χ0v) is 13.8. The summed E-state index contributed by atoms with van der Waals surface area (Å²) in [7, 11) is 0. The van der Waals surface area contributed by atoms with Gasteiger partial charge in [0, 0.05) is 0 Å². The minimum Gasteiger partial charge on any atom is -0.491 e. The Labute approximate surface area is 128 Å². The normalized spacial score (nSPS) is 17.6. The van der Waals surface area contributed by atoms with Crippen LogP contribution in [0.1, 0.15) is 42.9 Å². The van der Waals surface area contributed by atoms with Crippen molar-refractivity contribution in [3.8, 4) is 5.75 Å². The Balaban J connectivity index is 2.11. The van der Waals surface area contributed by atoms with Crippen molar-refractivity contribution in [3.63, 3.8) is 0 Å². The highest BCUT2D eigenvalue weighted by molar-refractivity contribution is 5.43. The predicted octanol–water partition coefficient (Wildman–Crippen LogP) is 3.13. The van der Waals surface area contributed by atoms with Gasteiger partial charge in [-0.3, -0.25) is 0 Å². The standard InChI is InChI=1S/C18H29NO2/c1-5-8-19-18(11-20,16-6-7-16)12-21-17-14(3)9-13(2)10-15(17)4/h9-10,16,19-20H,5-8,11-12H2,1-4H3. The molecule has 2 N–H and O–H groups in total. The molecule has 3 heteroatoms. The monoisotopic (exact) mass is 291 g/mol. The SMILES string of the molecule is CCCNC(CO)(COc1c(C)cc(C)cc1C)C1CC1. The van der Waals surface area contributed by atoms with Gasteiger partial charge in [0.2, 0.25) is 0 Å². The van der Waals surface area contributed by atoms with Crippen LogP contribution in [0, 0.1) is 26.7 Å². The minimum atomic E-state index is -0.278. The first-order valence-electron chi connectivity index (χ1n) is 8.09. The van der Waals surface area contributed by atoms with Crippen molar-refractivity contribution in [2.45, 2.75) is 52.5 Å². The van der Waals surface area contributed by atoms with Crippen molar-refractivity contribution in [1.29, 1.82) is 0 Å². The lowest BCUT2D eigenvalue weighted by atomic mass is 9.94. The fourth-order valence-electron chi connectivity index (χ4n) is 3.15. The number of aliphatic hydroxyl groups is 1. The van der Waals surface area contributed by atoms with Crippen LogP contribution in [0.5, 0.6) is 5.75 Å². The molecule has 3 nitrogen and oxygen atoms in total. The van der Waals surface area contributed by atoms with Gasteiger partial charge in [0.25, 0.3) is 0 Å². The number of hydrogen-bond acceptors (Lipinski definition) is 3. The fourth-order valence-corrected chi connectivity index (χ4v) is 3.15. The number of benzene rings is 1. The molecule has 1 aliphatic rings. The van der Waals surface area contributed by atoms with E-state index in [1.165, 1.54) is 29.5 Å². The van der Waals surface area contributed by atoms with Crippen LogP contribution in [0.15, 0.2) is 12.1 Å². The van der Waals surface area contributed by atoms with E-state index in [-0.39, 0.29) is 12.1 Å². The van der Waals surface area contributed by atoms with Crippen molar-refractivity contribution in [3.05, 3.63) is 28.8 Å². The molecular formula is C18H29NO2. The molecule has 0 saturated heterocycles. The largest absolute Gasteiger partial charge is 0.491 e. The van der Waals surface area contributed by atoms with Crippen LogP contribution in [0.3, 0.4) is 0 Å². The zero-order chi connectivity index (χ0) is 15.5. The number of aryl methyl sites for hydroxylation is 3. The van der Waals surface area contributed by atoms with E-state index >= 15 is 0 Å². The average Bonchev–Trinajstić information content (AvgIpc) is 3.26. The van der Waals surface area contributed by atoms with Crippen LogP contribution < -0.4 is 10.1 Å². The van der Waals surface area contributed by atoms with Crippen molar-refractivity contribution in [2.75, 3.05) is 19.8 Å². The number of hydrogen-bond donors (Lipinski definition) is 2. The summed E-state index contributed by atoms with van der Waals surface area (Å²) in [4.78, 5) is 0. The molecule has 0 radical (unpaired) electrons. The van der Waals surface area contributed by atoms with Crippen LogP contribution in [-0.4, -0.2) is 30.4 Å². The van der Waals surface area contributed by atoms with E-state index in [0.29, 0.717) is 12.5 Å². The lowest BCUT2D eigenvalue weighted by Crippen LogP contribution is -2.55. The van der Waals surface area contributed by atoms with E-state index < -0.39 is 0 Å². The second-order valence-corrected chi connectivity index (χ2v) is 6.53. The Morgan fingerprint density at radius 1 is 1.24 bits per heavy atom. The highest BCUT2D eigenvalue weighted by atomic mass is 16.5. The molecule has 0 heterocycles. The van der Waals surface area contributed by atoms with Gasteiger partial charge in [-0.2, -0.15) is 0 Å². The molecule has 1 atom stereocenters. The zero-order valence-electron chi connectivity index (χ0n) is 13.8. The molecule has 1 aliphatic carbocycles. The minimum absolute atomic E-state index is 0.140. The fraction of sp³-hybridized carbons (Fsp3) is 0.667. The molecule has 0 bridgehead atoms. The Bertz CT molecular complexity index is 459. The second-order valence-electron chi connectivity index (χ2n) is 6.53. The van der Waals surface area contributed by atoms with E-state index in [9.17, 15) is 5.11 Å². The molecule has 1 fully saturated rings. The van der Waals surface area contributed by atoms with E-state index in [1.54, 1.807) is 0 Å². The molecule has 2 rings (SSSR count). The summed E-state index contributed by atoms with van der Waals surface area (Å²) >= 11 is 0. The lowest BCUT2D eigenvalue weighted by Gasteiger charge is -2.33. The van der Waals surface area contributed by atoms with Gasteiger partial charge in [-0.15, -0.1) is 0 Å². The molecule has 1 aromatic carbocycles. The van der Waals surface area contributed by atoms with Gasteiger partial charge >= 0.3 is 0 Å². The van der Waals surface area contributed by atoms with Gasteiger partial charge < -0.3 is 15.2 Å². The maximum atomic E-state index is 9.93. The molecule has 1 saturated carbocycles. The maximum absolute atomic E-state index is 9.93. The van der Waals surface area contributed by atoms with Crippen molar-refractivity contribution < 1.29 is 9.84 Å². The Kier molecular flexibility index (Phi) is 5.28. The van der Waals surface area contributed by atoms with Crippen LogP contribution >= 0.6 is 0 Å². The summed E-state index contributed by atoms with van der Waals surface area (Å²) in [6, 6.07) is 4.30. The number of ether oxygens (including phenoxy) is 1. The summed E-state index contributed by atoms with van der Waals surface area (Å²) in [5.41, 5.74) is 3.33. The van der Waals surface area contributed by atoms with Gasteiger partial charge in [0.15, 0.2) is 0 Å². The second kappa shape index (κ2) is 6.80. The topological polar surface area (TPSA) is 41.5 Å². The third-order valence-electron chi connectivity index (χ3n) is 4.45. The van der Waals surface area contributed by atoms with Gasteiger partial charge in [-0.25, -0.2) is 0 Å². The molecular weight excluding hydrogens is 262 g/mol. The smallest absolute Gasteiger partial charge is 0.125 e. The lowest BCUT2D eigenvalue weighted by molar-refractivity contribution is 0.0844. The van der Waals surface area contributed by atoms with Crippen LogP contribution in [0.2, 0.25) is 0 Å².